The molecular weight excluding hydrogens is 292 g/mol. The van der Waals surface area contributed by atoms with E-state index in [9.17, 15) is 8.78 Å². The van der Waals surface area contributed by atoms with Crippen molar-refractivity contribution < 1.29 is 23.4 Å². The van der Waals surface area contributed by atoms with Crippen molar-refractivity contribution in [3.8, 4) is 5.75 Å². The summed E-state index contributed by atoms with van der Waals surface area (Å²) in [6.07, 6.45) is 4.10. The molecule has 1 fully saturated rings. The summed E-state index contributed by atoms with van der Waals surface area (Å²) in [7, 11) is 1.31. The topological polar surface area (TPSA) is 50.7 Å². The van der Waals surface area contributed by atoms with Crippen LogP contribution in [0.25, 0.3) is 0 Å². The Morgan fingerprint density at radius 1 is 1.27 bits per heavy atom. The highest BCUT2D eigenvalue weighted by atomic mass is 19.2. The van der Waals surface area contributed by atoms with Crippen LogP contribution in [0.2, 0.25) is 0 Å². The summed E-state index contributed by atoms with van der Waals surface area (Å²) >= 11 is 0. The first-order valence-corrected chi connectivity index (χ1v) is 7.58. The lowest BCUT2D eigenvalue weighted by molar-refractivity contribution is -0.0524. The second-order valence-electron chi connectivity index (χ2n) is 5.66. The Balaban J connectivity index is 1.93. The average Bonchev–Trinajstić information content (AvgIpc) is 2.97. The van der Waals surface area contributed by atoms with Gasteiger partial charge in [-0.15, -0.1) is 0 Å². The zero-order valence-corrected chi connectivity index (χ0v) is 12.8. The lowest BCUT2D eigenvalue weighted by Crippen LogP contribution is -2.41. The van der Waals surface area contributed by atoms with Gasteiger partial charge in [0.05, 0.1) is 25.9 Å². The van der Waals surface area contributed by atoms with Crippen LogP contribution in [0.3, 0.4) is 0 Å². The molecule has 22 heavy (non-hydrogen) atoms. The van der Waals surface area contributed by atoms with Crippen molar-refractivity contribution in [1.82, 2.24) is 5.32 Å². The predicted molar refractivity (Wildman–Crippen MR) is 78.9 cm³/mol. The number of aliphatic hydroxyl groups is 1. The second-order valence-corrected chi connectivity index (χ2v) is 5.66. The lowest BCUT2D eigenvalue weighted by Gasteiger charge is -2.29. The molecular formula is C16H23F2NO3. The molecule has 1 aliphatic carbocycles. The van der Waals surface area contributed by atoms with Crippen molar-refractivity contribution in [2.75, 3.05) is 26.9 Å². The zero-order valence-electron chi connectivity index (χ0n) is 12.8. The first-order valence-electron chi connectivity index (χ1n) is 7.58. The third kappa shape index (κ3) is 4.15. The van der Waals surface area contributed by atoms with Gasteiger partial charge in [-0.05, 0) is 30.5 Å². The first kappa shape index (κ1) is 17.1. The number of ether oxygens (including phenoxy) is 2. The van der Waals surface area contributed by atoms with Gasteiger partial charge in [0.15, 0.2) is 11.6 Å². The summed E-state index contributed by atoms with van der Waals surface area (Å²) < 4.78 is 37.5. The monoisotopic (exact) mass is 315 g/mol. The van der Waals surface area contributed by atoms with Gasteiger partial charge in [0, 0.05) is 13.1 Å². The standard InChI is InChI=1S/C16H23F2NO3/c1-21-14-9-12(8-13(17)15(14)18)10-19-11-16(22-7-6-20)4-2-3-5-16/h8-9,19-20H,2-7,10-11H2,1H3. The van der Waals surface area contributed by atoms with E-state index in [0.717, 1.165) is 25.7 Å². The number of nitrogens with one attached hydrogen (secondary N) is 1. The highest BCUT2D eigenvalue weighted by Crippen LogP contribution is 2.32. The minimum atomic E-state index is -0.968. The van der Waals surface area contributed by atoms with Crippen LogP contribution in [-0.4, -0.2) is 37.6 Å². The van der Waals surface area contributed by atoms with Gasteiger partial charge in [-0.1, -0.05) is 12.8 Å². The Hall–Kier alpha value is -1.24. The predicted octanol–water partition coefficient (Wildman–Crippen LogP) is 2.38. The largest absolute Gasteiger partial charge is 0.494 e. The molecule has 2 N–H and O–H groups in total. The quantitative estimate of drug-likeness (QED) is 0.773. The van der Waals surface area contributed by atoms with E-state index in [2.05, 4.69) is 5.32 Å². The van der Waals surface area contributed by atoms with Crippen molar-refractivity contribution in [3.63, 3.8) is 0 Å². The van der Waals surface area contributed by atoms with Gasteiger partial charge in [0.2, 0.25) is 5.82 Å². The van der Waals surface area contributed by atoms with Crippen LogP contribution in [0.5, 0.6) is 5.75 Å². The molecule has 0 bridgehead atoms. The number of methoxy groups -OCH3 is 1. The van der Waals surface area contributed by atoms with Crippen LogP contribution in [0, 0.1) is 11.6 Å². The Morgan fingerprint density at radius 2 is 2.00 bits per heavy atom. The minimum Gasteiger partial charge on any atom is -0.494 e. The molecule has 1 saturated carbocycles. The van der Waals surface area contributed by atoms with E-state index in [1.165, 1.54) is 19.2 Å². The van der Waals surface area contributed by atoms with Crippen LogP contribution < -0.4 is 10.1 Å². The molecule has 124 valence electrons. The third-order valence-corrected chi connectivity index (χ3v) is 4.07. The summed E-state index contributed by atoms with van der Waals surface area (Å²) in [6.45, 7) is 1.34. The Morgan fingerprint density at radius 3 is 2.64 bits per heavy atom. The highest BCUT2D eigenvalue weighted by Gasteiger charge is 2.34. The number of halogens is 2. The number of hydrogen-bond acceptors (Lipinski definition) is 4. The molecule has 1 aromatic carbocycles. The van der Waals surface area contributed by atoms with Crippen LogP contribution >= 0.6 is 0 Å². The van der Waals surface area contributed by atoms with Gasteiger partial charge in [0.1, 0.15) is 0 Å². The second kappa shape index (κ2) is 7.85. The number of rotatable bonds is 8. The molecule has 0 radical (unpaired) electrons. The van der Waals surface area contributed by atoms with E-state index in [4.69, 9.17) is 14.6 Å². The number of aliphatic hydroxyl groups excluding tert-OH is 1. The summed E-state index contributed by atoms with van der Waals surface area (Å²) in [5, 5.41) is 12.2. The molecule has 0 aromatic heterocycles. The fourth-order valence-electron chi connectivity index (χ4n) is 2.96. The normalized spacial score (nSPS) is 16.9. The van der Waals surface area contributed by atoms with Crippen molar-refractivity contribution in [3.05, 3.63) is 29.3 Å². The molecule has 0 aliphatic heterocycles. The smallest absolute Gasteiger partial charge is 0.200 e. The van der Waals surface area contributed by atoms with Gasteiger partial charge in [0.25, 0.3) is 0 Å². The fourth-order valence-corrected chi connectivity index (χ4v) is 2.96. The maximum atomic E-state index is 13.5. The fraction of sp³-hybridized carbons (Fsp3) is 0.625. The third-order valence-electron chi connectivity index (χ3n) is 4.07. The van der Waals surface area contributed by atoms with E-state index in [1.54, 1.807) is 0 Å². The Kier molecular flexibility index (Phi) is 6.11. The maximum absolute atomic E-state index is 13.5. The van der Waals surface area contributed by atoms with Crippen LogP contribution in [0.1, 0.15) is 31.2 Å². The SMILES string of the molecule is COc1cc(CNCC2(OCCO)CCCC2)cc(F)c1F. The molecule has 1 aromatic rings. The van der Waals surface area contributed by atoms with Crippen LogP contribution in [0.4, 0.5) is 8.78 Å². The van der Waals surface area contributed by atoms with E-state index in [-0.39, 0.29) is 18.0 Å². The summed E-state index contributed by atoms with van der Waals surface area (Å²) in [5.41, 5.74) is 0.358. The van der Waals surface area contributed by atoms with E-state index >= 15 is 0 Å². The molecule has 1 aliphatic rings. The number of hydrogen-bond donors (Lipinski definition) is 2. The Bertz CT molecular complexity index is 491. The first-order chi connectivity index (χ1) is 10.6. The van der Waals surface area contributed by atoms with Gasteiger partial charge in [-0.25, -0.2) is 4.39 Å². The van der Waals surface area contributed by atoms with Crippen molar-refractivity contribution in [1.29, 1.82) is 0 Å². The van der Waals surface area contributed by atoms with E-state index < -0.39 is 11.6 Å². The van der Waals surface area contributed by atoms with Crippen molar-refractivity contribution in [2.45, 2.75) is 37.8 Å². The zero-order chi connectivity index (χ0) is 16.0. The highest BCUT2D eigenvalue weighted by molar-refractivity contribution is 5.31. The van der Waals surface area contributed by atoms with Crippen molar-refractivity contribution in [2.24, 2.45) is 0 Å². The van der Waals surface area contributed by atoms with E-state index in [0.29, 0.717) is 25.3 Å². The summed E-state index contributed by atoms with van der Waals surface area (Å²) in [4.78, 5) is 0. The molecule has 0 saturated heterocycles. The Labute approximate surface area is 129 Å². The van der Waals surface area contributed by atoms with Crippen LogP contribution in [-0.2, 0) is 11.3 Å². The molecule has 0 spiro atoms. The molecule has 0 heterocycles. The minimum absolute atomic E-state index is 0.00211. The molecule has 0 atom stereocenters. The molecule has 0 unspecified atom stereocenters. The van der Waals surface area contributed by atoms with Gasteiger partial charge in [-0.2, -0.15) is 4.39 Å². The lowest BCUT2D eigenvalue weighted by atomic mass is 10.0. The summed E-state index contributed by atoms with van der Waals surface area (Å²) in [5.74, 6) is -1.98. The molecule has 0 amide bonds. The van der Waals surface area contributed by atoms with Gasteiger partial charge >= 0.3 is 0 Å². The van der Waals surface area contributed by atoms with E-state index in [1.807, 2.05) is 0 Å². The molecule has 6 heteroatoms. The molecule has 4 nitrogen and oxygen atoms in total. The molecule has 2 rings (SSSR count). The average molecular weight is 315 g/mol. The van der Waals surface area contributed by atoms with Gasteiger partial charge in [-0.3, -0.25) is 0 Å². The maximum Gasteiger partial charge on any atom is 0.200 e. The summed E-state index contributed by atoms with van der Waals surface area (Å²) in [6, 6.07) is 2.65. The number of benzene rings is 1. The van der Waals surface area contributed by atoms with Crippen LogP contribution in [0.15, 0.2) is 12.1 Å². The van der Waals surface area contributed by atoms with Gasteiger partial charge < -0.3 is 19.9 Å². The van der Waals surface area contributed by atoms with Crippen molar-refractivity contribution >= 4 is 0 Å².